The molecule has 0 spiro atoms. The highest BCUT2D eigenvalue weighted by Crippen LogP contribution is 1.91. The molecular weight excluding hydrogens is 152 g/mol. The summed E-state index contributed by atoms with van der Waals surface area (Å²) in [5.41, 5.74) is 0. The standard InChI is InChI=1S/C3H3F2NO2S/c4-1(5)2(7)6-3(8)9/h1H,(H2,6,7,8,9). The highest BCUT2D eigenvalue weighted by molar-refractivity contribution is 7.96. The maximum Gasteiger partial charge on any atom is 0.315 e. The molecule has 52 valence electrons. The molecule has 0 bridgehead atoms. The van der Waals surface area contributed by atoms with Gasteiger partial charge >= 0.3 is 6.43 Å². The summed E-state index contributed by atoms with van der Waals surface area (Å²) in [5.74, 6) is -1.63. The Bertz CT molecular complexity index is 138. The lowest BCUT2D eigenvalue weighted by atomic mass is 10.6. The van der Waals surface area contributed by atoms with E-state index in [0.29, 0.717) is 0 Å². The van der Waals surface area contributed by atoms with Gasteiger partial charge in [0.05, 0.1) is 0 Å². The maximum atomic E-state index is 11.2. The van der Waals surface area contributed by atoms with Crippen molar-refractivity contribution in [2.24, 2.45) is 0 Å². The molecule has 0 atom stereocenters. The van der Waals surface area contributed by atoms with Crippen molar-refractivity contribution in [3.05, 3.63) is 0 Å². The normalized spacial score (nSPS) is 9.33. The first-order chi connectivity index (χ1) is 4.04. The Morgan fingerprint density at radius 1 is 1.44 bits per heavy atom. The molecule has 9 heavy (non-hydrogen) atoms. The summed E-state index contributed by atoms with van der Waals surface area (Å²) in [7, 11) is 0. The van der Waals surface area contributed by atoms with E-state index in [0.717, 1.165) is 0 Å². The number of alkyl halides is 2. The average molecular weight is 155 g/mol. The van der Waals surface area contributed by atoms with E-state index in [4.69, 9.17) is 0 Å². The number of halogens is 2. The monoisotopic (exact) mass is 155 g/mol. The molecule has 0 aliphatic rings. The van der Waals surface area contributed by atoms with Crippen LogP contribution in [-0.4, -0.2) is 17.6 Å². The van der Waals surface area contributed by atoms with E-state index < -0.39 is 17.6 Å². The van der Waals surface area contributed by atoms with Crippen LogP contribution in [0, 0.1) is 0 Å². The van der Waals surface area contributed by atoms with Gasteiger partial charge in [0.2, 0.25) is 0 Å². The zero-order valence-electron chi connectivity index (χ0n) is 4.10. The fraction of sp³-hybridized carbons (Fsp3) is 0.333. The molecule has 1 N–H and O–H groups in total. The highest BCUT2D eigenvalue weighted by Gasteiger charge is 2.15. The number of imide groups is 1. The van der Waals surface area contributed by atoms with Crippen molar-refractivity contribution < 1.29 is 18.4 Å². The van der Waals surface area contributed by atoms with E-state index in [2.05, 4.69) is 12.6 Å². The molecule has 0 unspecified atom stereocenters. The molecule has 0 saturated heterocycles. The summed E-state index contributed by atoms with van der Waals surface area (Å²) in [5, 5.41) is 0.195. The Hall–Kier alpha value is -0.650. The molecule has 0 radical (unpaired) electrons. The Kier molecular flexibility index (Phi) is 3.15. The summed E-state index contributed by atoms with van der Waals surface area (Å²) < 4.78 is 22.4. The minimum absolute atomic E-state index is 1.08. The van der Waals surface area contributed by atoms with Crippen LogP contribution in [-0.2, 0) is 4.79 Å². The van der Waals surface area contributed by atoms with Gasteiger partial charge in [0.25, 0.3) is 11.1 Å². The van der Waals surface area contributed by atoms with Crippen LogP contribution in [0.2, 0.25) is 0 Å². The fourth-order valence-electron chi connectivity index (χ4n) is 0.160. The molecule has 3 nitrogen and oxygen atoms in total. The molecule has 6 heteroatoms. The van der Waals surface area contributed by atoms with Gasteiger partial charge in [0.1, 0.15) is 0 Å². The third kappa shape index (κ3) is 3.89. The minimum Gasteiger partial charge on any atom is -0.282 e. The van der Waals surface area contributed by atoms with Crippen molar-refractivity contribution in [2.45, 2.75) is 6.43 Å². The van der Waals surface area contributed by atoms with E-state index in [1.807, 2.05) is 0 Å². The molecule has 0 fully saturated rings. The van der Waals surface area contributed by atoms with Crippen LogP contribution < -0.4 is 5.32 Å². The molecule has 0 rings (SSSR count). The van der Waals surface area contributed by atoms with Gasteiger partial charge in [0.15, 0.2) is 0 Å². The Balaban J connectivity index is 3.64. The van der Waals surface area contributed by atoms with Gasteiger partial charge in [-0.15, -0.1) is 0 Å². The Morgan fingerprint density at radius 3 is 2.00 bits per heavy atom. The maximum absolute atomic E-state index is 11.2. The average Bonchev–Trinajstić information content (AvgIpc) is 1.63. The van der Waals surface area contributed by atoms with Crippen molar-refractivity contribution in [1.29, 1.82) is 0 Å². The van der Waals surface area contributed by atoms with Gasteiger partial charge in [-0.25, -0.2) is 0 Å². The van der Waals surface area contributed by atoms with Crippen LogP contribution in [0.15, 0.2) is 0 Å². The van der Waals surface area contributed by atoms with Crippen molar-refractivity contribution in [2.75, 3.05) is 0 Å². The van der Waals surface area contributed by atoms with E-state index in [9.17, 15) is 18.4 Å². The number of amides is 2. The number of hydrogen-bond donors (Lipinski definition) is 2. The molecule has 0 aliphatic carbocycles. The van der Waals surface area contributed by atoms with E-state index >= 15 is 0 Å². The van der Waals surface area contributed by atoms with Crippen LogP contribution in [0.3, 0.4) is 0 Å². The van der Waals surface area contributed by atoms with Crippen LogP contribution in [0.4, 0.5) is 13.6 Å². The number of hydrogen-bond acceptors (Lipinski definition) is 2. The lowest BCUT2D eigenvalue weighted by molar-refractivity contribution is -0.130. The largest absolute Gasteiger partial charge is 0.315 e. The molecule has 0 aromatic carbocycles. The lowest BCUT2D eigenvalue weighted by Gasteiger charge is -1.95. The highest BCUT2D eigenvalue weighted by atomic mass is 32.1. The number of rotatable bonds is 1. The fourth-order valence-corrected chi connectivity index (χ4v) is 0.270. The second-order valence-corrected chi connectivity index (χ2v) is 1.50. The Morgan fingerprint density at radius 2 is 1.89 bits per heavy atom. The first-order valence-corrected chi connectivity index (χ1v) is 2.30. The predicted octanol–water partition coefficient (Wildman–Crippen LogP) is 0.417. The molecule has 0 aromatic rings. The predicted molar refractivity (Wildman–Crippen MR) is 28.5 cm³/mol. The van der Waals surface area contributed by atoms with Crippen molar-refractivity contribution in [3.63, 3.8) is 0 Å². The first kappa shape index (κ1) is 8.35. The quantitative estimate of drug-likeness (QED) is 0.539. The van der Waals surface area contributed by atoms with Gasteiger partial charge in [-0.05, 0) is 0 Å². The Labute approximate surface area is 54.8 Å². The van der Waals surface area contributed by atoms with Gasteiger partial charge in [-0.1, -0.05) is 12.6 Å². The molecule has 0 saturated carbocycles. The summed E-state index contributed by atoms with van der Waals surface area (Å²) in [6.45, 7) is 0. The van der Waals surface area contributed by atoms with Crippen LogP contribution in [0.5, 0.6) is 0 Å². The van der Waals surface area contributed by atoms with Gasteiger partial charge < -0.3 is 0 Å². The molecule has 0 heterocycles. The number of thiol groups is 1. The van der Waals surface area contributed by atoms with Gasteiger partial charge in [-0.2, -0.15) is 8.78 Å². The topological polar surface area (TPSA) is 46.2 Å². The zero-order chi connectivity index (χ0) is 7.44. The van der Waals surface area contributed by atoms with E-state index in [1.165, 1.54) is 5.32 Å². The molecule has 2 amide bonds. The van der Waals surface area contributed by atoms with Crippen LogP contribution in [0.1, 0.15) is 0 Å². The zero-order valence-corrected chi connectivity index (χ0v) is 4.99. The second-order valence-electron chi connectivity index (χ2n) is 1.10. The SMILES string of the molecule is O=C(S)NC(=O)C(F)F. The first-order valence-electron chi connectivity index (χ1n) is 1.86. The second kappa shape index (κ2) is 3.39. The molecule has 0 aliphatic heterocycles. The van der Waals surface area contributed by atoms with Gasteiger partial charge in [0, 0.05) is 0 Å². The van der Waals surface area contributed by atoms with Gasteiger partial charge in [-0.3, -0.25) is 14.9 Å². The van der Waals surface area contributed by atoms with Crippen LogP contribution >= 0.6 is 12.6 Å². The number of nitrogens with one attached hydrogen (secondary N) is 1. The summed E-state index contributed by atoms with van der Waals surface area (Å²) in [6, 6.07) is 0. The smallest absolute Gasteiger partial charge is 0.282 e. The van der Waals surface area contributed by atoms with E-state index in [1.54, 1.807) is 0 Å². The van der Waals surface area contributed by atoms with Crippen molar-refractivity contribution in [3.8, 4) is 0 Å². The third-order valence-electron chi connectivity index (χ3n) is 0.428. The third-order valence-corrected chi connectivity index (χ3v) is 0.540. The van der Waals surface area contributed by atoms with E-state index in [-0.39, 0.29) is 0 Å². The van der Waals surface area contributed by atoms with Crippen LogP contribution in [0.25, 0.3) is 0 Å². The summed E-state index contributed by atoms with van der Waals surface area (Å²) >= 11 is 3.03. The minimum atomic E-state index is -3.17. The number of carbonyl (C=O) groups is 2. The van der Waals surface area contributed by atoms with Crippen molar-refractivity contribution >= 4 is 23.8 Å². The summed E-state index contributed by atoms with van der Waals surface area (Å²) in [4.78, 5) is 19.6. The molecule has 0 aromatic heterocycles. The van der Waals surface area contributed by atoms with Crippen molar-refractivity contribution in [1.82, 2.24) is 5.32 Å². The lowest BCUT2D eigenvalue weighted by Crippen LogP contribution is -2.31. The summed E-state index contributed by atoms with van der Waals surface area (Å²) in [6.07, 6.45) is -3.17. The molecular formula is C3H3F2NO2S. The number of carbonyl (C=O) groups excluding carboxylic acids is 2.